The maximum atomic E-state index is 13.0. The Morgan fingerprint density at radius 2 is 2.13 bits per heavy atom. The number of nitrogens with one attached hydrogen (secondary N) is 1. The first-order valence-electron chi connectivity index (χ1n) is 11.1. The molecule has 2 aliphatic heterocycles. The van der Waals surface area contributed by atoms with Crippen LogP contribution in [0.25, 0.3) is 0 Å². The summed E-state index contributed by atoms with van der Waals surface area (Å²) in [5, 5.41) is 27.7. The van der Waals surface area contributed by atoms with Gasteiger partial charge in [-0.25, -0.2) is 9.48 Å². The van der Waals surface area contributed by atoms with Gasteiger partial charge in [0.25, 0.3) is 11.8 Å². The Hall–Kier alpha value is -3.33. The van der Waals surface area contributed by atoms with Gasteiger partial charge in [0, 0.05) is 29.6 Å². The monoisotopic (exact) mass is 584 g/mol. The SMILES string of the molecule is NCCCON=C(C(=O)NC1C(=O)N2C(C(=O)O)=C(CSc3nnnn3CCN)CS[C@H]12)c1nsc(N)n1. The van der Waals surface area contributed by atoms with Crippen LogP contribution >= 0.6 is 35.1 Å². The Morgan fingerprint density at radius 3 is 2.82 bits per heavy atom. The lowest BCUT2D eigenvalue weighted by molar-refractivity contribution is -0.150. The van der Waals surface area contributed by atoms with Crippen molar-refractivity contribution >= 4 is 63.7 Å². The van der Waals surface area contributed by atoms with Gasteiger partial charge >= 0.3 is 5.97 Å². The molecule has 1 saturated heterocycles. The van der Waals surface area contributed by atoms with Crippen molar-refractivity contribution in [1.29, 1.82) is 0 Å². The maximum Gasteiger partial charge on any atom is 0.352 e. The third kappa shape index (κ3) is 5.88. The second-order valence-electron chi connectivity index (χ2n) is 7.75. The number of tetrazole rings is 1. The molecule has 4 heterocycles. The minimum Gasteiger partial charge on any atom is -0.477 e. The third-order valence-electron chi connectivity index (χ3n) is 5.22. The van der Waals surface area contributed by atoms with Gasteiger partial charge in [-0.2, -0.15) is 9.36 Å². The van der Waals surface area contributed by atoms with Crippen LogP contribution in [0.3, 0.4) is 0 Å². The first kappa shape index (κ1) is 27.7. The highest BCUT2D eigenvalue weighted by atomic mass is 32.2. The Bertz CT molecular complexity index is 1260. The molecule has 2 aromatic rings. The molecule has 2 amide bonds. The third-order valence-corrected chi connectivity index (χ3v) is 8.14. The lowest BCUT2D eigenvalue weighted by Gasteiger charge is -2.49. The van der Waals surface area contributed by atoms with Crippen LogP contribution in [0.5, 0.6) is 0 Å². The number of thioether (sulfide) groups is 2. The van der Waals surface area contributed by atoms with Crippen molar-refractivity contribution in [3.05, 3.63) is 17.1 Å². The number of aromatic nitrogens is 6. The standard InChI is InChI=1S/C18H24N12O5S3/c19-2-1-5-35-25-9(12-23-17(21)38-26-12)13(31)22-10-14(32)30-11(16(33)34)8(6-36-15(10)30)7-37-18-24-27-28-29(18)4-3-20/h10,15H,1-7,19-20H2,(H,22,31)(H,33,34)(H2,21,23,26)/t10?,15-/m1/s1. The molecule has 2 aromatic heterocycles. The molecular formula is C18H24N12O5S3. The molecule has 1 unspecified atom stereocenters. The van der Waals surface area contributed by atoms with Crippen LogP contribution in [0.4, 0.5) is 5.13 Å². The number of carbonyl (C=O) groups is 3. The van der Waals surface area contributed by atoms with Crippen LogP contribution in [-0.4, -0.2) is 106 Å². The van der Waals surface area contributed by atoms with Gasteiger partial charge in [-0.3, -0.25) is 14.5 Å². The van der Waals surface area contributed by atoms with E-state index in [1.54, 1.807) is 0 Å². The number of hydrogen-bond acceptors (Lipinski definition) is 16. The number of rotatable bonds is 13. The summed E-state index contributed by atoms with van der Waals surface area (Å²) in [4.78, 5) is 48.5. The molecule has 4 rings (SSSR count). The summed E-state index contributed by atoms with van der Waals surface area (Å²) >= 11 is 3.44. The first-order valence-corrected chi connectivity index (χ1v) is 14.0. The predicted molar refractivity (Wildman–Crippen MR) is 138 cm³/mol. The van der Waals surface area contributed by atoms with Gasteiger partial charge in [-0.05, 0) is 29.0 Å². The molecule has 204 valence electrons. The zero-order valence-corrected chi connectivity index (χ0v) is 22.2. The molecular weight excluding hydrogens is 560 g/mol. The zero-order valence-electron chi connectivity index (χ0n) is 19.7. The van der Waals surface area contributed by atoms with Crippen molar-refractivity contribution in [3.8, 4) is 0 Å². The van der Waals surface area contributed by atoms with E-state index in [1.807, 2.05) is 0 Å². The predicted octanol–water partition coefficient (Wildman–Crippen LogP) is -2.33. The van der Waals surface area contributed by atoms with Gasteiger partial charge in [0.05, 0.1) is 6.54 Å². The number of carboxylic acid groups (broad SMARTS) is 1. The molecule has 20 heteroatoms. The Morgan fingerprint density at radius 1 is 1.32 bits per heavy atom. The molecule has 2 aliphatic rings. The number of hydrogen-bond donors (Lipinski definition) is 5. The molecule has 0 saturated carbocycles. The number of amides is 2. The number of oxime groups is 1. The zero-order chi connectivity index (χ0) is 27.2. The number of nitrogens with two attached hydrogens (primary N) is 3. The highest BCUT2D eigenvalue weighted by molar-refractivity contribution is 8.01. The minimum atomic E-state index is -1.25. The van der Waals surface area contributed by atoms with Gasteiger partial charge in [0.1, 0.15) is 23.7 Å². The first-order chi connectivity index (χ1) is 18.3. The molecule has 0 aliphatic carbocycles. The number of nitrogens with zero attached hydrogens (tertiary/aromatic N) is 8. The van der Waals surface area contributed by atoms with Crippen LogP contribution in [0, 0.1) is 0 Å². The fraction of sp³-hybridized carbons (Fsp3) is 0.500. The Kier molecular flexibility index (Phi) is 9.09. The van der Waals surface area contributed by atoms with Crippen molar-refractivity contribution in [2.75, 3.05) is 36.9 Å². The van der Waals surface area contributed by atoms with Gasteiger partial charge in [0.15, 0.2) is 5.13 Å². The highest BCUT2D eigenvalue weighted by Crippen LogP contribution is 2.41. The maximum absolute atomic E-state index is 13.0. The summed E-state index contributed by atoms with van der Waals surface area (Å²) in [5.41, 5.74) is 16.8. The van der Waals surface area contributed by atoms with Crippen molar-refractivity contribution < 1.29 is 24.3 Å². The number of carboxylic acids is 1. The molecule has 17 nitrogen and oxygen atoms in total. The normalized spacial score (nSPS) is 19.3. The van der Waals surface area contributed by atoms with E-state index in [0.29, 0.717) is 42.5 Å². The van der Waals surface area contributed by atoms with Gasteiger partial charge < -0.3 is 32.5 Å². The molecule has 0 radical (unpaired) electrons. The molecule has 0 aromatic carbocycles. The van der Waals surface area contributed by atoms with E-state index in [9.17, 15) is 19.5 Å². The van der Waals surface area contributed by atoms with Crippen molar-refractivity contribution in [3.63, 3.8) is 0 Å². The summed E-state index contributed by atoms with van der Waals surface area (Å²) in [6, 6.07) is -0.988. The van der Waals surface area contributed by atoms with Crippen molar-refractivity contribution in [1.82, 2.24) is 39.8 Å². The second kappa shape index (κ2) is 12.5. The van der Waals surface area contributed by atoms with Crippen molar-refractivity contribution in [2.24, 2.45) is 16.6 Å². The average molecular weight is 585 g/mol. The number of carbonyl (C=O) groups excluding carboxylic acids is 2. The lowest BCUT2D eigenvalue weighted by atomic mass is 10.0. The van der Waals surface area contributed by atoms with Crippen LogP contribution in [0.15, 0.2) is 21.6 Å². The van der Waals surface area contributed by atoms with Gasteiger partial charge in [-0.15, -0.1) is 16.9 Å². The minimum absolute atomic E-state index is 0.0555. The molecule has 0 bridgehead atoms. The van der Waals surface area contributed by atoms with Crippen LogP contribution < -0.4 is 22.5 Å². The van der Waals surface area contributed by atoms with Crippen LogP contribution in [0.2, 0.25) is 0 Å². The largest absolute Gasteiger partial charge is 0.477 e. The lowest BCUT2D eigenvalue weighted by Crippen LogP contribution is -2.71. The van der Waals surface area contributed by atoms with E-state index in [2.05, 4.69) is 35.4 Å². The van der Waals surface area contributed by atoms with E-state index in [1.165, 1.54) is 33.1 Å². The fourth-order valence-corrected chi connectivity index (χ4v) is 6.31. The quantitative estimate of drug-likeness (QED) is 0.0543. The van der Waals surface area contributed by atoms with E-state index in [0.717, 1.165) is 11.5 Å². The average Bonchev–Trinajstić information content (AvgIpc) is 3.53. The fourth-order valence-electron chi connectivity index (χ4n) is 3.49. The summed E-state index contributed by atoms with van der Waals surface area (Å²) in [7, 11) is 0. The number of fused-ring (bicyclic) bond motifs is 1. The summed E-state index contributed by atoms with van der Waals surface area (Å²) in [6.07, 6.45) is 0.507. The van der Waals surface area contributed by atoms with Crippen LogP contribution in [0.1, 0.15) is 12.2 Å². The molecule has 38 heavy (non-hydrogen) atoms. The molecule has 2 atom stereocenters. The van der Waals surface area contributed by atoms with E-state index in [-0.39, 0.29) is 34.7 Å². The summed E-state index contributed by atoms with van der Waals surface area (Å²) in [5.74, 6) is -2.06. The number of aliphatic carboxylic acids is 1. The van der Waals surface area contributed by atoms with E-state index >= 15 is 0 Å². The molecule has 8 N–H and O–H groups in total. The molecule has 1 fully saturated rings. The number of anilines is 1. The Balaban J connectivity index is 1.47. The smallest absolute Gasteiger partial charge is 0.352 e. The molecule has 0 spiro atoms. The van der Waals surface area contributed by atoms with Gasteiger partial charge in [-0.1, -0.05) is 16.9 Å². The van der Waals surface area contributed by atoms with Gasteiger partial charge in [0.2, 0.25) is 16.7 Å². The highest BCUT2D eigenvalue weighted by Gasteiger charge is 2.54. The van der Waals surface area contributed by atoms with E-state index < -0.39 is 29.2 Å². The summed E-state index contributed by atoms with van der Waals surface area (Å²) < 4.78 is 5.51. The van der Waals surface area contributed by atoms with Crippen LogP contribution in [-0.2, 0) is 25.8 Å². The Labute approximate surface area is 227 Å². The number of β-lactam (4-membered cyclic amide) rings is 1. The summed E-state index contributed by atoms with van der Waals surface area (Å²) in [6.45, 7) is 1.28. The topological polar surface area (TPSA) is 256 Å². The second-order valence-corrected chi connectivity index (χ2v) is 10.6. The number of nitrogen functional groups attached to an aromatic ring is 1. The van der Waals surface area contributed by atoms with E-state index in [4.69, 9.17) is 22.0 Å². The van der Waals surface area contributed by atoms with Crippen molar-refractivity contribution in [2.45, 2.75) is 29.5 Å².